The van der Waals surface area contributed by atoms with Gasteiger partial charge in [-0.25, -0.2) is 9.78 Å². The summed E-state index contributed by atoms with van der Waals surface area (Å²) in [6, 6.07) is 13.2. The molecule has 0 radical (unpaired) electrons. The summed E-state index contributed by atoms with van der Waals surface area (Å²) in [7, 11) is 0. The normalized spacial score (nSPS) is 15.2. The summed E-state index contributed by atoms with van der Waals surface area (Å²) in [5.74, 6) is -0.793. The van der Waals surface area contributed by atoms with Gasteiger partial charge in [0.1, 0.15) is 5.52 Å². The number of benzene rings is 2. The average Bonchev–Trinajstić information content (AvgIpc) is 2.77. The Morgan fingerprint density at radius 3 is 2.78 bits per heavy atom. The molecule has 0 bridgehead atoms. The predicted molar refractivity (Wildman–Crippen MR) is 123 cm³/mol. The van der Waals surface area contributed by atoms with Crippen LogP contribution in [0.2, 0.25) is 10.0 Å². The van der Waals surface area contributed by atoms with E-state index in [1.807, 2.05) is 37.3 Å². The number of ether oxygens (including phenoxy) is 2. The van der Waals surface area contributed by atoms with E-state index in [9.17, 15) is 9.59 Å². The van der Waals surface area contributed by atoms with Crippen molar-refractivity contribution in [1.82, 2.24) is 10.3 Å². The highest BCUT2D eigenvalue weighted by Gasteiger charge is 2.22. The van der Waals surface area contributed by atoms with Crippen LogP contribution >= 0.6 is 23.2 Å². The lowest BCUT2D eigenvalue weighted by molar-refractivity contribution is -0.150. The fraction of sp³-hybridized carbons (Fsp3) is 0.292. The molecular weight excluding hydrogens is 451 g/mol. The van der Waals surface area contributed by atoms with Crippen molar-refractivity contribution >= 4 is 46.0 Å². The molecule has 1 heterocycles. The Bertz CT molecular complexity index is 1180. The Balaban J connectivity index is 1.34. The average molecular weight is 473 g/mol. The first-order valence-electron chi connectivity index (χ1n) is 10.3. The Labute approximate surface area is 195 Å². The van der Waals surface area contributed by atoms with Crippen molar-refractivity contribution in [3.8, 4) is 5.75 Å². The number of halogens is 2. The first-order valence-corrected chi connectivity index (χ1v) is 11.1. The highest BCUT2D eigenvalue weighted by molar-refractivity contribution is 6.39. The monoisotopic (exact) mass is 472 g/mol. The Kier molecular flexibility index (Phi) is 6.82. The molecule has 3 aromatic rings. The smallest absolute Gasteiger partial charge is 0.344 e. The van der Waals surface area contributed by atoms with Gasteiger partial charge in [-0.3, -0.25) is 4.79 Å². The minimum atomic E-state index is -0.684. The van der Waals surface area contributed by atoms with Gasteiger partial charge in [-0.1, -0.05) is 47.5 Å². The molecule has 2 aromatic carbocycles. The zero-order valence-electron chi connectivity index (χ0n) is 17.5. The van der Waals surface area contributed by atoms with E-state index in [2.05, 4.69) is 16.4 Å². The van der Waals surface area contributed by atoms with Crippen molar-refractivity contribution in [2.75, 3.05) is 13.2 Å². The van der Waals surface area contributed by atoms with Gasteiger partial charge in [0.15, 0.2) is 19.0 Å². The summed E-state index contributed by atoms with van der Waals surface area (Å²) in [6.07, 6.45) is 2.86. The predicted octanol–water partition coefficient (Wildman–Crippen LogP) is 4.97. The number of fused-ring (bicyclic) bond motifs is 2. The summed E-state index contributed by atoms with van der Waals surface area (Å²) in [4.78, 5) is 28.9. The second-order valence-electron chi connectivity index (χ2n) is 7.68. The number of esters is 1. The second kappa shape index (κ2) is 9.76. The maximum absolute atomic E-state index is 12.3. The van der Waals surface area contributed by atoms with Crippen molar-refractivity contribution in [2.24, 2.45) is 0 Å². The summed E-state index contributed by atoms with van der Waals surface area (Å²) in [6.45, 7) is 1.04. The van der Waals surface area contributed by atoms with Gasteiger partial charge < -0.3 is 14.8 Å². The molecule has 0 saturated heterocycles. The molecule has 1 unspecified atom stereocenters. The van der Waals surface area contributed by atoms with Crippen LogP contribution in [0.4, 0.5) is 0 Å². The number of nitrogens with one attached hydrogen (secondary N) is 1. The Morgan fingerprint density at radius 2 is 1.94 bits per heavy atom. The largest absolute Gasteiger partial charge is 0.478 e. The topological polar surface area (TPSA) is 77.5 Å². The number of hydrogen-bond donors (Lipinski definition) is 1. The minimum absolute atomic E-state index is 0.0732. The number of nitrogens with zero attached hydrogens (tertiary/aromatic N) is 1. The minimum Gasteiger partial charge on any atom is -0.478 e. The molecule has 0 spiro atoms. The molecule has 1 aliphatic rings. The van der Waals surface area contributed by atoms with Crippen LogP contribution in [0.3, 0.4) is 0 Å². The number of carbonyl (C=O) groups excluding carboxylic acids is 2. The SMILES string of the molecule is Cc1ccc2c(Cl)cc(Cl)c(OCC(=O)OCC(=O)NC3CCCc4ccccc43)c2n1. The first kappa shape index (κ1) is 22.4. The molecular formula is C24H22Cl2N2O4. The van der Waals surface area contributed by atoms with E-state index in [4.69, 9.17) is 32.7 Å². The highest BCUT2D eigenvalue weighted by atomic mass is 35.5. The number of rotatable bonds is 6. The van der Waals surface area contributed by atoms with E-state index in [0.717, 1.165) is 30.5 Å². The van der Waals surface area contributed by atoms with Crippen LogP contribution in [0.1, 0.15) is 35.7 Å². The van der Waals surface area contributed by atoms with Gasteiger partial charge in [-0.15, -0.1) is 0 Å². The van der Waals surface area contributed by atoms with Gasteiger partial charge >= 0.3 is 5.97 Å². The Morgan fingerprint density at radius 1 is 1.12 bits per heavy atom. The van der Waals surface area contributed by atoms with Crippen LogP contribution in [-0.2, 0) is 20.7 Å². The second-order valence-corrected chi connectivity index (χ2v) is 8.49. The number of amides is 1. The fourth-order valence-corrected chi connectivity index (χ4v) is 4.46. The maximum Gasteiger partial charge on any atom is 0.344 e. The van der Waals surface area contributed by atoms with Gasteiger partial charge in [0.25, 0.3) is 5.91 Å². The van der Waals surface area contributed by atoms with E-state index in [1.165, 1.54) is 5.56 Å². The van der Waals surface area contributed by atoms with Gasteiger partial charge in [-0.05, 0) is 55.5 Å². The van der Waals surface area contributed by atoms with Crippen LogP contribution in [0.5, 0.6) is 5.75 Å². The summed E-state index contributed by atoms with van der Waals surface area (Å²) < 4.78 is 10.7. The van der Waals surface area contributed by atoms with Crippen LogP contribution in [0, 0.1) is 6.92 Å². The summed E-state index contributed by atoms with van der Waals surface area (Å²) in [5.41, 5.74) is 3.58. The van der Waals surface area contributed by atoms with Gasteiger partial charge in [0.2, 0.25) is 0 Å². The lowest BCUT2D eigenvalue weighted by Crippen LogP contribution is -2.34. The third-order valence-electron chi connectivity index (χ3n) is 5.38. The number of pyridine rings is 1. The number of aromatic nitrogens is 1. The summed E-state index contributed by atoms with van der Waals surface area (Å²) in [5, 5.41) is 4.29. The molecule has 32 heavy (non-hydrogen) atoms. The number of carbonyl (C=O) groups is 2. The molecule has 1 amide bonds. The van der Waals surface area contributed by atoms with Gasteiger partial charge in [0, 0.05) is 11.1 Å². The van der Waals surface area contributed by atoms with Crippen molar-refractivity contribution in [3.05, 3.63) is 69.3 Å². The first-order chi connectivity index (χ1) is 15.4. The molecule has 4 rings (SSSR count). The molecule has 1 aromatic heterocycles. The molecule has 1 atom stereocenters. The molecule has 8 heteroatoms. The van der Waals surface area contributed by atoms with Crippen molar-refractivity contribution < 1.29 is 19.1 Å². The fourth-order valence-electron chi connectivity index (χ4n) is 3.89. The van der Waals surface area contributed by atoms with Crippen LogP contribution in [0.15, 0.2) is 42.5 Å². The zero-order valence-corrected chi connectivity index (χ0v) is 19.0. The van der Waals surface area contributed by atoms with Crippen molar-refractivity contribution in [3.63, 3.8) is 0 Å². The van der Waals surface area contributed by atoms with E-state index in [1.54, 1.807) is 6.07 Å². The van der Waals surface area contributed by atoms with Gasteiger partial charge in [-0.2, -0.15) is 0 Å². The number of aryl methyl sites for hydroxylation is 2. The van der Waals surface area contributed by atoms with Gasteiger partial charge in [0.05, 0.1) is 16.1 Å². The molecule has 1 N–H and O–H groups in total. The molecule has 1 aliphatic carbocycles. The quantitative estimate of drug-likeness (QED) is 0.512. The van der Waals surface area contributed by atoms with Crippen LogP contribution in [-0.4, -0.2) is 30.1 Å². The van der Waals surface area contributed by atoms with Crippen LogP contribution < -0.4 is 10.1 Å². The lowest BCUT2D eigenvalue weighted by atomic mass is 9.88. The molecule has 6 nitrogen and oxygen atoms in total. The van der Waals surface area contributed by atoms with E-state index in [0.29, 0.717) is 15.9 Å². The maximum atomic E-state index is 12.3. The van der Waals surface area contributed by atoms with Crippen molar-refractivity contribution in [1.29, 1.82) is 0 Å². The molecule has 0 saturated carbocycles. The molecule has 0 aliphatic heterocycles. The van der Waals surface area contributed by atoms with E-state index in [-0.39, 0.29) is 29.3 Å². The summed E-state index contributed by atoms with van der Waals surface area (Å²) >= 11 is 12.5. The third kappa shape index (κ3) is 4.97. The van der Waals surface area contributed by atoms with Crippen LogP contribution in [0.25, 0.3) is 10.9 Å². The molecule has 166 valence electrons. The standard InChI is InChI=1S/C24H22Cl2N2O4/c1-14-9-10-17-18(25)11-19(26)24(23(17)27-14)32-13-22(30)31-12-21(29)28-20-8-4-6-15-5-2-3-7-16(15)20/h2-3,5,7,9-11,20H,4,6,8,12-13H2,1H3,(H,28,29). The Hall–Kier alpha value is -2.83. The highest BCUT2D eigenvalue weighted by Crippen LogP contribution is 2.37. The zero-order chi connectivity index (χ0) is 22.7. The van der Waals surface area contributed by atoms with E-state index >= 15 is 0 Å². The molecule has 0 fully saturated rings. The van der Waals surface area contributed by atoms with Crippen molar-refractivity contribution in [2.45, 2.75) is 32.2 Å². The van der Waals surface area contributed by atoms with E-state index < -0.39 is 12.6 Å². The number of hydrogen-bond acceptors (Lipinski definition) is 5. The lowest BCUT2D eigenvalue weighted by Gasteiger charge is -2.26. The third-order valence-corrected chi connectivity index (χ3v) is 5.97.